The van der Waals surface area contributed by atoms with Crippen molar-refractivity contribution in [3.8, 4) is 11.5 Å². The van der Waals surface area contributed by atoms with Gasteiger partial charge < -0.3 is 19.8 Å². The first kappa shape index (κ1) is 21.1. The van der Waals surface area contributed by atoms with Crippen molar-refractivity contribution in [1.82, 2.24) is 4.57 Å². The number of anilines is 1. The summed E-state index contributed by atoms with van der Waals surface area (Å²) in [5.41, 5.74) is 7.26. The highest BCUT2D eigenvalue weighted by Crippen LogP contribution is 2.33. The van der Waals surface area contributed by atoms with Gasteiger partial charge in [-0.2, -0.15) is 0 Å². The predicted octanol–water partition coefficient (Wildman–Crippen LogP) is 5.13. The van der Waals surface area contributed by atoms with Crippen LogP contribution in [0.3, 0.4) is 0 Å². The van der Waals surface area contributed by atoms with Gasteiger partial charge in [0.25, 0.3) is 5.56 Å². The second kappa shape index (κ2) is 10.9. The Morgan fingerprint density at radius 1 is 0.963 bits per heavy atom. The van der Waals surface area contributed by atoms with Crippen LogP contribution >= 0.6 is 0 Å². The number of hydrogen-bond acceptors (Lipinski definition) is 4. The van der Waals surface area contributed by atoms with Gasteiger partial charge in [0.15, 0.2) is 5.75 Å². The van der Waals surface area contributed by atoms with Crippen LogP contribution in [0.1, 0.15) is 65.2 Å². The van der Waals surface area contributed by atoms with Gasteiger partial charge in [0.05, 0.1) is 19.2 Å². The average Bonchev–Trinajstić information content (AvgIpc) is 2.67. The molecule has 1 heterocycles. The van der Waals surface area contributed by atoms with E-state index in [9.17, 15) is 4.79 Å². The number of hydrogen-bond donors (Lipinski definition) is 1. The lowest BCUT2D eigenvalue weighted by Gasteiger charge is -2.17. The van der Waals surface area contributed by atoms with Crippen molar-refractivity contribution in [2.45, 2.75) is 71.8 Å². The molecule has 0 aliphatic heterocycles. The van der Waals surface area contributed by atoms with Gasteiger partial charge in [-0.15, -0.1) is 0 Å². The minimum Gasteiger partial charge on any atom is -0.492 e. The lowest BCUT2D eigenvalue weighted by molar-refractivity contribution is 0.280. The maximum Gasteiger partial charge on any atom is 0.297 e. The Labute approximate surface area is 162 Å². The van der Waals surface area contributed by atoms with E-state index in [1.165, 1.54) is 25.7 Å². The molecule has 5 nitrogen and oxygen atoms in total. The Morgan fingerprint density at radius 3 is 2.37 bits per heavy atom. The van der Waals surface area contributed by atoms with Crippen molar-refractivity contribution in [3.05, 3.63) is 28.6 Å². The highest BCUT2D eigenvalue weighted by molar-refractivity contribution is 5.90. The number of fused-ring (bicyclic) bond motifs is 1. The van der Waals surface area contributed by atoms with E-state index >= 15 is 0 Å². The number of aromatic nitrogens is 1. The summed E-state index contributed by atoms with van der Waals surface area (Å²) in [5, 5.41) is 0.861. The molecule has 2 rings (SSSR count). The van der Waals surface area contributed by atoms with Crippen LogP contribution in [0.5, 0.6) is 11.5 Å². The summed E-state index contributed by atoms with van der Waals surface area (Å²) in [4.78, 5) is 13.1. The fraction of sp³-hybridized carbons (Fsp3) is 0.591. The van der Waals surface area contributed by atoms with Gasteiger partial charge in [0, 0.05) is 17.6 Å². The molecule has 0 atom stereocenters. The minimum absolute atomic E-state index is 0.135. The zero-order valence-electron chi connectivity index (χ0n) is 17.1. The van der Waals surface area contributed by atoms with Crippen LogP contribution in [0.15, 0.2) is 23.0 Å². The van der Waals surface area contributed by atoms with Crippen LogP contribution in [0.2, 0.25) is 0 Å². The molecule has 150 valence electrons. The van der Waals surface area contributed by atoms with Crippen molar-refractivity contribution < 1.29 is 9.47 Å². The number of rotatable bonds is 12. The minimum atomic E-state index is -0.135. The van der Waals surface area contributed by atoms with E-state index in [1.807, 2.05) is 18.2 Å². The Kier molecular flexibility index (Phi) is 8.49. The molecular formula is C22H34N2O3. The SMILES string of the molecule is CCCCCCCCOc1c(OC)c2ccc(N)cc2n(CCCC)c1=O. The maximum atomic E-state index is 13.1. The second-order valence-electron chi connectivity index (χ2n) is 7.07. The molecule has 1 aromatic carbocycles. The van der Waals surface area contributed by atoms with Crippen molar-refractivity contribution >= 4 is 16.6 Å². The molecule has 27 heavy (non-hydrogen) atoms. The number of aryl methyl sites for hydroxylation is 1. The molecule has 2 N–H and O–H groups in total. The fourth-order valence-electron chi connectivity index (χ4n) is 3.34. The summed E-state index contributed by atoms with van der Waals surface area (Å²) >= 11 is 0. The maximum absolute atomic E-state index is 13.1. The van der Waals surface area contributed by atoms with Gasteiger partial charge in [0.1, 0.15) is 0 Å². The summed E-state index contributed by atoms with van der Waals surface area (Å²) < 4.78 is 13.3. The quantitative estimate of drug-likeness (QED) is 0.413. The van der Waals surface area contributed by atoms with Gasteiger partial charge in [-0.3, -0.25) is 4.79 Å². The highest BCUT2D eigenvalue weighted by atomic mass is 16.5. The topological polar surface area (TPSA) is 66.5 Å². The lowest BCUT2D eigenvalue weighted by atomic mass is 10.1. The molecule has 0 aliphatic carbocycles. The molecule has 0 saturated carbocycles. The predicted molar refractivity (Wildman–Crippen MR) is 113 cm³/mol. The van der Waals surface area contributed by atoms with E-state index in [0.717, 1.165) is 36.6 Å². The van der Waals surface area contributed by atoms with Crippen LogP contribution in [-0.4, -0.2) is 18.3 Å². The van der Waals surface area contributed by atoms with Crippen molar-refractivity contribution in [2.75, 3.05) is 19.5 Å². The summed E-state index contributed by atoms with van der Waals surface area (Å²) in [6, 6.07) is 5.58. The number of nitrogens with zero attached hydrogens (tertiary/aromatic N) is 1. The third kappa shape index (κ3) is 5.41. The molecule has 0 spiro atoms. The third-order valence-corrected chi connectivity index (χ3v) is 4.89. The lowest BCUT2D eigenvalue weighted by Crippen LogP contribution is -2.24. The smallest absolute Gasteiger partial charge is 0.297 e. The molecule has 0 saturated heterocycles. The molecule has 1 aromatic heterocycles. The Morgan fingerprint density at radius 2 is 1.67 bits per heavy atom. The van der Waals surface area contributed by atoms with E-state index in [0.29, 0.717) is 30.3 Å². The monoisotopic (exact) mass is 374 g/mol. The molecule has 0 unspecified atom stereocenters. The molecule has 0 amide bonds. The van der Waals surface area contributed by atoms with E-state index in [2.05, 4.69) is 13.8 Å². The van der Waals surface area contributed by atoms with Gasteiger partial charge >= 0.3 is 0 Å². The molecule has 0 bridgehead atoms. The second-order valence-corrected chi connectivity index (χ2v) is 7.07. The van der Waals surface area contributed by atoms with E-state index in [-0.39, 0.29) is 5.56 Å². The summed E-state index contributed by atoms with van der Waals surface area (Å²) in [5.74, 6) is 0.827. The summed E-state index contributed by atoms with van der Waals surface area (Å²) in [6.07, 6.45) is 9.01. The van der Waals surface area contributed by atoms with Crippen LogP contribution < -0.4 is 20.8 Å². The Hall–Kier alpha value is -2.17. The number of nitrogens with two attached hydrogens (primary N) is 1. The molecule has 0 fully saturated rings. The first-order valence-electron chi connectivity index (χ1n) is 10.3. The Bertz CT molecular complexity index is 783. The molecular weight excluding hydrogens is 340 g/mol. The zero-order chi connectivity index (χ0) is 19.6. The molecule has 2 aromatic rings. The Balaban J connectivity index is 2.27. The van der Waals surface area contributed by atoms with Crippen LogP contribution in [0.25, 0.3) is 10.9 Å². The van der Waals surface area contributed by atoms with Gasteiger partial charge in [-0.1, -0.05) is 52.4 Å². The largest absolute Gasteiger partial charge is 0.492 e. The number of nitrogen functional groups attached to an aromatic ring is 1. The number of methoxy groups -OCH3 is 1. The van der Waals surface area contributed by atoms with E-state index < -0.39 is 0 Å². The number of benzene rings is 1. The molecule has 5 heteroatoms. The van der Waals surface area contributed by atoms with E-state index in [1.54, 1.807) is 11.7 Å². The number of ether oxygens (including phenoxy) is 2. The van der Waals surface area contributed by atoms with Crippen molar-refractivity contribution in [2.24, 2.45) is 0 Å². The number of pyridine rings is 1. The van der Waals surface area contributed by atoms with Gasteiger partial charge in [0.2, 0.25) is 5.75 Å². The van der Waals surface area contributed by atoms with Gasteiger partial charge in [-0.05, 0) is 31.0 Å². The normalized spacial score (nSPS) is 11.1. The zero-order valence-corrected chi connectivity index (χ0v) is 17.1. The molecule has 0 radical (unpaired) electrons. The fourth-order valence-corrected chi connectivity index (χ4v) is 3.34. The van der Waals surface area contributed by atoms with Crippen LogP contribution in [0.4, 0.5) is 5.69 Å². The summed E-state index contributed by atoms with van der Waals surface area (Å²) in [6.45, 7) is 5.51. The first-order chi connectivity index (χ1) is 13.1. The molecule has 0 aliphatic rings. The van der Waals surface area contributed by atoms with E-state index in [4.69, 9.17) is 15.2 Å². The first-order valence-corrected chi connectivity index (χ1v) is 10.3. The van der Waals surface area contributed by atoms with Crippen LogP contribution in [0, 0.1) is 0 Å². The van der Waals surface area contributed by atoms with Crippen molar-refractivity contribution in [1.29, 1.82) is 0 Å². The average molecular weight is 375 g/mol. The standard InChI is InChI=1S/C22H34N2O3/c1-4-6-8-9-10-11-15-27-21-20(26-3)18-13-12-17(23)16-19(18)24(22(21)25)14-7-5-2/h12-13,16H,4-11,14-15,23H2,1-3H3. The van der Waals surface area contributed by atoms with Crippen molar-refractivity contribution in [3.63, 3.8) is 0 Å². The number of unbranched alkanes of at least 4 members (excludes halogenated alkanes) is 6. The highest BCUT2D eigenvalue weighted by Gasteiger charge is 2.19. The third-order valence-electron chi connectivity index (χ3n) is 4.89. The summed E-state index contributed by atoms with van der Waals surface area (Å²) in [7, 11) is 1.58. The van der Waals surface area contributed by atoms with Gasteiger partial charge in [-0.25, -0.2) is 0 Å². The van der Waals surface area contributed by atoms with Crippen LogP contribution in [-0.2, 0) is 6.54 Å².